The quantitative estimate of drug-likeness (QED) is 0.855. The molecule has 0 bridgehead atoms. The van der Waals surface area contributed by atoms with Crippen molar-refractivity contribution >= 4 is 22.4 Å². The normalized spacial score (nSPS) is 16.8. The number of nitrogens with two attached hydrogens (primary N) is 1. The van der Waals surface area contributed by atoms with Crippen LogP contribution in [0.25, 0.3) is 11.3 Å². The zero-order chi connectivity index (χ0) is 17.9. The highest BCUT2D eigenvalue weighted by atomic mass is 32.1. The molecule has 1 aliphatic rings. The van der Waals surface area contributed by atoms with Crippen LogP contribution >= 0.6 is 11.3 Å². The van der Waals surface area contributed by atoms with Crippen LogP contribution in [0.15, 0.2) is 30.3 Å². The molecule has 25 heavy (non-hydrogen) atoms. The van der Waals surface area contributed by atoms with Crippen molar-refractivity contribution in [2.45, 2.75) is 32.6 Å². The maximum atomic E-state index is 12.9. The second kappa shape index (κ2) is 7.64. The molecular weight excluding hydrogens is 334 g/mol. The predicted octanol–water partition coefficient (Wildman–Crippen LogP) is 3.63. The van der Waals surface area contributed by atoms with Gasteiger partial charge < -0.3 is 15.8 Å². The lowest BCUT2D eigenvalue weighted by Crippen LogP contribution is -2.46. The van der Waals surface area contributed by atoms with Gasteiger partial charge in [0.1, 0.15) is 0 Å². The summed E-state index contributed by atoms with van der Waals surface area (Å²) in [6.45, 7) is 5.77. The largest absolute Gasteiger partial charge is 0.381 e. The van der Waals surface area contributed by atoms with Gasteiger partial charge in [-0.2, -0.15) is 0 Å². The Morgan fingerprint density at radius 2 is 2.00 bits per heavy atom. The van der Waals surface area contributed by atoms with Crippen molar-refractivity contribution in [1.82, 2.24) is 4.98 Å². The van der Waals surface area contributed by atoms with Crippen LogP contribution in [-0.2, 0) is 9.53 Å². The molecule has 1 fully saturated rings. The van der Waals surface area contributed by atoms with Gasteiger partial charge in [0.15, 0.2) is 5.13 Å². The molecule has 1 saturated heterocycles. The summed E-state index contributed by atoms with van der Waals surface area (Å²) in [5.41, 5.74) is 7.41. The molecule has 1 aromatic heterocycles. The second-order valence-electron chi connectivity index (χ2n) is 6.80. The Morgan fingerprint density at radius 3 is 2.60 bits per heavy atom. The summed E-state index contributed by atoms with van der Waals surface area (Å²) in [6.07, 6.45) is 1.31. The van der Waals surface area contributed by atoms with E-state index >= 15 is 0 Å². The van der Waals surface area contributed by atoms with Crippen molar-refractivity contribution < 1.29 is 9.53 Å². The van der Waals surface area contributed by atoms with E-state index in [0.717, 1.165) is 11.3 Å². The predicted molar refractivity (Wildman–Crippen MR) is 102 cm³/mol. The van der Waals surface area contributed by atoms with Crippen LogP contribution in [0.2, 0.25) is 0 Å². The first-order valence-electron chi connectivity index (χ1n) is 8.71. The van der Waals surface area contributed by atoms with Gasteiger partial charge in [-0.3, -0.25) is 4.79 Å². The molecular formula is C19H25N3O2S. The van der Waals surface area contributed by atoms with E-state index in [2.05, 4.69) is 19.2 Å². The minimum atomic E-state index is -0.547. The number of ether oxygens (including phenoxy) is 1. The maximum absolute atomic E-state index is 12.9. The molecule has 134 valence electrons. The SMILES string of the molecule is CC(C)c1sc(NC(=O)C2(CN)CCOCC2)nc1-c1ccccc1. The molecule has 1 aliphatic heterocycles. The minimum absolute atomic E-state index is 0.0398. The fourth-order valence-corrected chi connectivity index (χ4v) is 4.08. The van der Waals surface area contributed by atoms with Crippen molar-refractivity contribution in [3.8, 4) is 11.3 Å². The summed E-state index contributed by atoms with van der Waals surface area (Å²) < 4.78 is 5.39. The van der Waals surface area contributed by atoms with Crippen LogP contribution in [0, 0.1) is 5.41 Å². The van der Waals surface area contributed by atoms with Crippen molar-refractivity contribution in [3.05, 3.63) is 35.2 Å². The standard InChI is InChI=1S/C19H25N3O2S/c1-13(2)16-15(14-6-4-3-5-7-14)21-18(25-16)22-17(23)19(12-20)8-10-24-11-9-19/h3-7,13H,8-12,20H2,1-2H3,(H,21,22,23). The van der Waals surface area contributed by atoms with E-state index in [-0.39, 0.29) is 5.91 Å². The van der Waals surface area contributed by atoms with E-state index in [1.807, 2.05) is 30.3 Å². The molecule has 0 saturated carbocycles. The van der Waals surface area contributed by atoms with Crippen molar-refractivity contribution in [3.63, 3.8) is 0 Å². The van der Waals surface area contributed by atoms with Crippen LogP contribution in [-0.4, -0.2) is 30.6 Å². The third kappa shape index (κ3) is 3.76. The highest BCUT2D eigenvalue weighted by Gasteiger charge is 2.39. The minimum Gasteiger partial charge on any atom is -0.381 e. The molecule has 2 heterocycles. The van der Waals surface area contributed by atoms with Gasteiger partial charge >= 0.3 is 0 Å². The zero-order valence-electron chi connectivity index (χ0n) is 14.7. The average Bonchev–Trinajstić information content (AvgIpc) is 3.07. The van der Waals surface area contributed by atoms with Crippen molar-refractivity contribution in [2.75, 3.05) is 25.1 Å². The number of hydrogen-bond donors (Lipinski definition) is 2. The number of nitrogens with zero attached hydrogens (tertiary/aromatic N) is 1. The van der Waals surface area contributed by atoms with E-state index < -0.39 is 5.41 Å². The highest BCUT2D eigenvalue weighted by Crippen LogP contribution is 2.37. The molecule has 0 unspecified atom stereocenters. The first kappa shape index (κ1) is 18.0. The van der Waals surface area contributed by atoms with Gasteiger partial charge in [0.2, 0.25) is 5.91 Å². The van der Waals surface area contributed by atoms with E-state index in [0.29, 0.717) is 43.6 Å². The summed E-state index contributed by atoms with van der Waals surface area (Å²) in [6, 6.07) is 10.1. The highest BCUT2D eigenvalue weighted by molar-refractivity contribution is 7.16. The van der Waals surface area contributed by atoms with Crippen LogP contribution < -0.4 is 11.1 Å². The molecule has 1 amide bonds. The zero-order valence-corrected chi connectivity index (χ0v) is 15.6. The fourth-order valence-electron chi connectivity index (χ4n) is 3.10. The monoisotopic (exact) mass is 359 g/mol. The van der Waals surface area contributed by atoms with E-state index in [4.69, 9.17) is 15.5 Å². The number of thiazole rings is 1. The first-order valence-corrected chi connectivity index (χ1v) is 9.53. The van der Waals surface area contributed by atoms with Gasteiger partial charge in [-0.1, -0.05) is 44.2 Å². The molecule has 3 N–H and O–H groups in total. The topological polar surface area (TPSA) is 77.2 Å². The molecule has 1 aromatic carbocycles. The van der Waals surface area contributed by atoms with Gasteiger partial charge in [0, 0.05) is 30.2 Å². The van der Waals surface area contributed by atoms with E-state index in [1.54, 1.807) is 11.3 Å². The third-order valence-corrected chi connectivity index (χ3v) is 6.04. The summed E-state index contributed by atoms with van der Waals surface area (Å²) >= 11 is 1.55. The van der Waals surface area contributed by atoms with E-state index in [1.165, 1.54) is 4.88 Å². The molecule has 5 nitrogen and oxygen atoms in total. The van der Waals surface area contributed by atoms with Crippen LogP contribution in [0.1, 0.15) is 37.5 Å². The van der Waals surface area contributed by atoms with Gasteiger partial charge in [0.05, 0.1) is 11.1 Å². The van der Waals surface area contributed by atoms with Crippen LogP contribution in [0.4, 0.5) is 5.13 Å². The number of rotatable bonds is 5. The lowest BCUT2D eigenvalue weighted by atomic mass is 9.79. The van der Waals surface area contributed by atoms with Crippen LogP contribution in [0.3, 0.4) is 0 Å². The molecule has 0 atom stereocenters. The van der Waals surface area contributed by atoms with Gasteiger partial charge in [-0.05, 0) is 18.8 Å². The van der Waals surface area contributed by atoms with Gasteiger partial charge in [-0.15, -0.1) is 11.3 Å². The summed E-state index contributed by atoms with van der Waals surface area (Å²) in [7, 11) is 0. The smallest absolute Gasteiger partial charge is 0.233 e. The molecule has 6 heteroatoms. The van der Waals surface area contributed by atoms with Crippen LogP contribution in [0.5, 0.6) is 0 Å². The van der Waals surface area contributed by atoms with Crippen molar-refractivity contribution in [2.24, 2.45) is 11.1 Å². The Bertz CT molecular complexity index is 722. The van der Waals surface area contributed by atoms with E-state index in [9.17, 15) is 4.79 Å². The Morgan fingerprint density at radius 1 is 1.32 bits per heavy atom. The van der Waals surface area contributed by atoms with Gasteiger partial charge in [-0.25, -0.2) is 4.98 Å². The molecule has 2 aromatic rings. The third-order valence-electron chi connectivity index (χ3n) is 4.77. The van der Waals surface area contributed by atoms with Crippen molar-refractivity contribution in [1.29, 1.82) is 0 Å². The number of anilines is 1. The number of amides is 1. The van der Waals surface area contributed by atoms with Gasteiger partial charge in [0.25, 0.3) is 0 Å². The summed E-state index contributed by atoms with van der Waals surface area (Å²) in [5.74, 6) is 0.298. The fraction of sp³-hybridized carbons (Fsp3) is 0.474. The lowest BCUT2D eigenvalue weighted by Gasteiger charge is -2.34. The summed E-state index contributed by atoms with van der Waals surface area (Å²) in [4.78, 5) is 18.8. The second-order valence-corrected chi connectivity index (χ2v) is 7.83. The number of hydrogen-bond acceptors (Lipinski definition) is 5. The first-order chi connectivity index (χ1) is 12.1. The number of aromatic nitrogens is 1. The average molecular weight is 359 g/mol. The molecule has 0 radical (unpaired) electrons. The Balaban J connectivity index is 1.87. The molecule has 3 rings (SSSR count). The Kier molecular flexibility index (Phi) is 5.51. The maximum Gasteiger partial charge on any atom is 0.233 e. The number of carbonyl (C=O) groups is 1. The number of carbonyl (C=O) groups excluding carboxylic acids is 1. The lowest BCUT2D eigenvalue weighted by molar-refractivity contribution is -0.130. The Hall–Kier alpha value is -1.76. The number of benzene rings is 1. The Labute approximate surface area is 152 Å². The number of nitrogens with one attached hydrogen (secondary N) is 1. The molecule has 0 aliphatic carbocycles. The summed E-state index contributed by atoms with van der Waals surface area (Å²) in [5, 5.41) is 3.67. The molecule has 0 spiro atoms.